The van der Waals surface area contributed by atoms with Crippen LogP contribution in [0.5, 0.6) is 17.2 Å². The molecule has 0 saturated carbocycles. The molecule has 0 aliphatic heterocycles. The topological polar surface area (TPSA) is 94.4 Å². The van der Waals surface area contributed by atoms with Crippen LogP contribution in [0.15, 0.2) is 64.3 Å². The van der Waals surface area contributed by atoms with E-state index in [-0.39, 0.29) is 22.8 Å². The van der Waals surface area contributed by atoms with E-state index in [0.29, 0.717) is 10.8 Å². The molecule has 7 nitrogen and oxygen atoms in total. The Kier molecular flexibility index (Phi) is 12.1. The van der Waals surface area contributed by atoms with Crippen molar-refractivity contribution in [3.05, 3.63) is 69.9 Å². The molecule has 1 N–H and O–H groups in total. The fraction of sp³-hybridized carbons (Fsp3) is 0.111. The number of aromatic hydroxyl groups is 1. The second kappa shape index (κ2) is 14.2. The summed E-state index contributed by atoms with van der Waals surface area (Å²) < 4.78 is 55.9. The summed E-state index contributed by atoms with van der Waals surface area (Å²) in [4.78, 5) is 21.0. The second-order valence-electron chi connectivity index (χ2n) is 5.03. The molecule has 0 amide bonds. The van der Waals surface area contributed by atoms with Gasteiger partial charge in [-0.15, -0.1) is 0 Å². The highest BCUT2D eigenvalue weighted by atomic mass is 79.9. The normalized spacial score (nSPS) is 9.81. The van der Waals surface area contributed by atoms with Crippen LogP contribution in [0, 0.1) is 0 Å². The van der Waals surface area contributed by atoms with Gasteiger partial charge in [-0.05, 0) is 50.1 Å². The van der Waals surface area contributed by atoms with Crippen molar-refractivity contribution in [1.29, 1.82) is 0 Å². The Morgan fingerprint density at radius 1 is 0.774 bits per heavy atom. The Labute approximate surface area is 190 Å². The standard InChI is InChI=1S/C7H5F2NO2.C6H4BrF2NO.C5H4BrNO/c8-7(9)12-6-1-5(4-11)2-10-3-6;7-4-1-5(3-10-2-4)11-6(8)9;6-4-1-5(8)3-7-2-4/h1-4,7H;1-3,6H;1-3,8H. The predicted octanol–water partition coefficient (Wildman–Crippen LogP) is 5.49. The zero-order valence-corrected chi connectivity index (χ0v) is 18.4. The number of hydrogen-bond donors (Lipinski definition) is 1. The summed E-state index contributed by atoms with van der Waals surface area (Å²) in [7, 11) is 0. The van der Waals surface area contributed by atoms with Crippen molar-refractivity contribution in [2.75, 3.05) is 0 Å². The third-order valence-electron chi connectivity index (χ3n) is 2.69. The van der Waals surface area contributed by atoms with E-state index in [1.165, 1.54) is 36.9 Å². The van der Waals surface area contributed by atoms with Crippen LogP contribution in [0.4, 0.5) is 17.6 Å². The average Bonchev–Trinajstić information content (AvgIpc) is 2.68. The van der Waals surface area contributed by atoms with Gasteiger partial charge in [0, 0.05) is 33.1 Å². The van der Waals surface area contributed by atoms with Gasteiger partial charge in [0.05, 0.1) is 18.6 Å². The average molecular weight is 571 g/mol. The van der Waals surface area contributed by atoms with Gasteiger partial charge in [-0.25, -0.2) is 0 Å². The van der Waals surface area contributed by atoms with Crippen molar-refractivity contribution in [1.82, 2.24) is 15.0 Å². The van der Waals surface area contributed by atoms with Gasteiger partial charge in [0.2, 0.25) is 0 Å². The maximum Gasteiger partial charge on any atom is 0.387 e. The smallest absolute Gasteiger partial charge is 0.387 e. The third-order valence-corrected chi connectivity index (χ3v) is 3.56. The van der Waals surface area contributed by atoms with E-state index in [1.807, 2.05) is 0 Å². The van der Waals surface area contributed by atoms with Crippen LogP contribution in [-0.4, -0.2) is 39.6 Å². The molecule has 166 valence electrons. The number of rotatable bonds is 5. The second-order valence-corrected chi connectivity index (χ2v) is 6.86. The Morgan fingerprint density at radius 3 is 1.68 bits per heavy atom. The molecule has 3 heterocycles. The highest BCUT2D eigenvalue weighted by Crippen LogP contribution is 2.17. The first-order chi connectivity index (χ1) is 14.7. The minimum atomic E-state index is -2.89. The van der Waals surface area contributed by atoms with Gasteiger partial charge in [-0.3, -0.25) is 19.7 Å². The van der Waals surface area contributed by atoms with Gasteiger partial charge in [0.1, 0.15) is 17.2 Å². The van der Waals surface area contributed by atoms with Gasteiger partial charge in [0.15, 0.2) is 6.29 Å². The largest absolute Gasteiger partial charge is 0.506 e. The van der Waals surface area contributed by atoms with Crippen molar-refractivity contribution in [3.63, 3.8) is 0 Å². The van der Waals surface area contributed by atoms with Gasteiger partial charge in [-0.2, -0.15) is 17.6 Å². The molecule has 0 aromatic carbocycles. The molecule has 0 aliphatic carbocycles. The summed E-state index contributed by atoms with van der Waals surface area (Å²) in [6.45, 7) is -5.69. The van der Waals surface area contributed by atoms with E-state index >= 15 is 0 Å². The number of alkyl halides is 4. The van der Waals surface area contributed by atoms with Crippen LogP contribution in [0.1, 0.15) is 10.4 Å². The van der Waals surface area contributed by atoms with Gasteiger partial charge < -0.3 is 14.6 Å². The van der Waals surface area contributed by atoms with Crippen molar-refractivity contribution in [2.24, 2.45) is 0 Å². The number of hydrogen-bond acceptors (Lipinski definition) is 7. The molecule has 0 unspecified atom stereocenters. The van der Waals surface area contributed by atoms with E-state index in [1.54, 1.807) is 12.3 Å². The van der Waals surface area contributed by atoms with Crippen LogP contribution < -0.4 is 9.47 Å². The summed E-state index contributed by atoms with van der Waals surface area (Å²) in [5.41, 5.74) is 0.202. The maximum absolute atomic E-state index is 11.6. The van der Waals surface area contributed by atoms with Crippen molar-refractivity contribution in [3.8, 4) is 17.2 Å². The van der Waals surface area contributed by atoms with Crippen LogP contribution in [-0.2, 0) is 0 Å². The lowest BCUT2D eigenvalue weighted by Gasteiger charge is -2.02. The molecule has 0 saturated heterocycles. The van der Waals surface area contributed by atoms with Gasteiger partial charge in [0.25, 0.3) is 0 Å². The first-order valence-electron chi connectivity index (χ1n) is 7.89. The molecule has 0 aliphatic rings. The van der Waals surface area contributed by atoms with Crippen LogP contribution in [0.25, 0.3) is 0 Å². The summed E-state index contributed by atoms with van der Waals surface area (Å²) in [5, 5.41) is 8.72. The van der Waals surface area contributed by atoms with E-state index in [9.17, 15) is 22.4 Å². The highest BCUT2D eigenvalue weighted by Gasteiger charge is 2.04. The first kappa shape index (κ1) is 26.2. The number of carbonyl (C=O) groups excluding carboxylic acids is 1. The quantitative estimate of drug-likeness (QED) is 0.320. The van der Waals surface area contributed by atoms with Crippen molar-refractivity contribution in [2.45, 2.75) is 13.2 Å². The molecule has 0 atom stereocenters. The third kappa shape index (κ3) is 12.5. The summed E-state index contributed by atoms with van der Waals surface area (Å²) in [5.74, 6) is 0.114. The Morgan fingerprint density at radius 2 is 1.26 bits per heavy atom. The van der Waals surface area contributed by atoms with E-state index in [0.717, 1.165) is 10.7 Å². The molecule has 3 rings (SSSR count). The number of carbonyl (C=O) groups is 1. The summed E-state index contributed by atoms with van der Waals surface area (Å²) in [6, 6.07) is 4.18. The molecule has 31 heavy (non-hydrogen) atoms. The molecule has 3 aromatic rings. The lowest BCUT2D eigenvalue weighted by atomic mass is 10.3. The maximum atomic E-state index is 11.6. The van der Waals surface area contributed by atoms with Crippen molar-refractivity contribution < 1.29 is 36.9 Å². The number of ether oxygens (including phenoxy) is 2. The van der Waals surface area contributed by atoms with E-state index in [2.05, 4.69) is 56.3 Å². The number of halogens is 6. The SMILES string of the molecule is FC(F)Oc1cncc(Br)c1.O=Cc1cncc(OC(F)F)c1.Oc1cncc(Br)c1. The number of aromatic nitrogens is 3. The fourth-order valence-electron chi connectivity index (χ4n) is 1.63. The van der Waals surface area contributed by atoms with Crippen LogP contribution >= 0.6 is 31.9 Å². The van der Waals surface area contributed by atoms with Crippen molar-refractivity contribution >= 4 is 38.1 Å². The minimum Gasteiger partial charge on any atom is -0.506 e. The fourth-order valence-corrected chi connectivity index (χ4v) is 2.32. The summed E-state index contributed by atoms with van der Waals surface area (Å²) >= 11 is 6.20. The Balaban J connectivity index is 0.000000237. The molecule has 0 fully saturated rings. The van der Waals surface area contributed by atoms with Gasteiger partial charge in [-0.1, -0.05) is 0 Å². The minimum absolute atomic E-state index is 0.0503. The number of aldehydes is 1. The highest BCUT2D eigenvalue weighted by molar-refractivity contribution is 9.10. The predicted molar refractivity (Wildman–Crippen MR) is 108 cm³/mol. The molecule has 3 aromatic heterocycles. The molecular formula is C18H13Br2F4N3O4. The van der Waals surface area contributed by atoms with Crippen LogP contribution in [0.2, 0.25) is 0 Å². The molecule has 0 radical (unpaired) electrons. The lowest BCUT2D eigenvalue weighted by molar-refractivity contribution is -0.0507. The molecule has 13 heteroatoms. The van der Waals surface area contributed by atoms with E-state index in [4.69, 9.17) is 5.11 Å². The zero-order chi connectivity index (χ0) is 23.2. The lowest BCUT2D eigenvalue weighted by Crippen LogP contribution is -2.02. The molecular weight excluding hydrogens is 558 g/mol. The monoisotopic (exact) mass is 569 g/mol. The number of nitrogens with zero attached hydrogens (tertiary/aromatic N) is 3. The first-order valence-corrected chi connectivity index (χ1v) is 9.48. The summed E-state index contributed by atoms with van der Waals surface area (Å²) in [6.07, 6.45) is 8.57. The van der Waals surface area contributed by atoms with Gasteiger partial charge >= 0.3 is 13.2 Å². The number of pyridine rings is 3. The van der Waals surface area contributed by atoms with E-state index < -0.39 is 13.2 Å². The zero-order valence-electron chi connectivity index (χ0n) is 15.2. The Hall–Kier alpha value is -2.80. The van der Waals surface area contributed by atoms with Crippen LogP contribution in [0.3, 0.4) is 0 Å². The Bertz CT molecular complexity index is 938. The molecule has 0 bridgehead atoms. The molecule has 0 spiro atoms.